The van der Waals surface area contributed by atoms with Gasteiger partial charge >= 0.3 is 5.63 Å². The molecule has 0 spiro atoms. The number of carbonyl (C=O) groups excluding carboxylic acids is 1. The first kappa shape index (κ1) is 17.7. The van der Waals surface area contributed by atoms with Crippen molar-refractivity contribution in [3.63, 3.8) is 0 Å². The lowest BCUT2D eigenvalue weighted by atomic mass is 10.0. The summed E-state index contributed by atoms with van der Waals surface area (Å²) in [6, 6.07) is 6.73. The fourth-order valence-electron chi connectivity index (χ4n) is 2.28. The molecule has 6 heteroatoms. The lowest BCUT2D eigenvalue weighted by molar-refractivity contribution is 0.102. The first-order chi connectivity index (χ1) is 11.4. The molecule has 0 aliphatic heterocycles. The topological polar surface area (TPSA) is 81.4 Å². The number of carbonyl (C=O) groups is 1. The summed E-state index contributed by atoms with van der Waals surface area (Å²) >= 11 is 0. The highest BCUT2D eigenvalue weighted by atomic mass is 16.5. The number of hydrogen-bond donors (Lipinski definition) is 1. The molecule has 0 aliphatic rings. The normalized spacial score (nSPS) is 10.7. The van der Waals surface area contributed by atoms with Gasteiger partial charge in [0, 0.05) is 12.5 Å². The molecule has 0 radical (unpaired) electrons. The number of nitrogens with one attached hydrogen (secondary N) is 1. The quantitative estimate of drug-likeness (QED) is 0.879. The average Bonchev–Trinajstić information content (AvgIpc) is 2.52. The van der Waals surface area contributed by atoms with Gasteiger partial charge in [-0.3, -0.25) is 4.79 Å². The Bertz CT molecular complexity index is 781. The summed E-state index contributed by atoms with van der Waals surface area (Å²) in [6.07, 6.45) is 1.59. The van der Waals surface area contributed by atoms with Crippen LogP contribution in [0.5, 0.6) is 5.88 Å². The van der Waals surface area contributed by atoms with E-state index in [0.717, 1.165) is 6.42 Å². The first-order valence-electron chi connectivity index (χ1n) is 7.86. The molecule has 2 heterocycles. The smallest absolute Gasteiger partial charge is 0.349 e. The van der Waals surface area contributed by atoms with Crippen molar-refractivity contribution in [1.82, 2.24) is 4.98 Å². The van der Waals surface area contributed by atoms with Crippen LogP contribution in [-0.4, -0.2) is 18.0 Å². The van der Waals surface area contributed by atoms with Crippen molar-refractivity contribution in [3.8, 4) is 5.88 Å². The van der Waals surface area contributed by atoms with E-state index in [1.807, 2.05) is 0 Å². The fraction of sp³-hybridized carbons (Fsp3) is 0.389. The summed E-state index contributed by atoms with van der Waals surface area (Å²) in [4.78, 5) is 28.7. The highest BCUT2D eigenvalue weighted by molar-refractivity contribution is 6.04. The van der Waals surface area contributed by atoms with Crippen LogP contribution in [0.1, 0.15) is 41.9 Å². The van der Waals surface area contributed by atoms with Crippen LogP contribution in [-0.2, 0) is 6.42 Å². The number of methoxy groups -OCH3 is 1. The summed E-state index contributed by atoms with van der Waals surface area (Å²) < 4.78 is 10.3. The van der Waals surface area contributed by atoms with Crippen molar-refractivity contribution >= 4 is 11.7 Å². The molecular weight excluding hydrogens is 308 g/mol. The molecule has 0 fully saturated rings. The number of nitrogens with zero attached hydrogens (tertiary/aromatic N) is 1. The van der Waals surface area contributed by atoms with Crippen LogP contribution in [0.3, 0.4) is 0 Å². The summed E-state index contributed by atoms with van der Waals surface area (Å²) in [6.45, 7) is 5.94. The summed E-state index contributed by atoms with van der Waals surface area (Å²) in [5.74, 6) is 1.25. The molecule has 0 aromatic carbocycles. The number of aromatic nitrogens is 1. The van der Waals surface area contributed by atoms with Crippen LogP contribution in [0, 0.1) is 12.8 Å². The number of aryl methyl sites for hydroxylation is 2. The largest absolute Gasteiger partial charge is 0.481 e. The zero-order valence-corrected chi connectivity index (χ0v) is 14.4. The fourth-order valence-corrected chi connectivity index (χ4v) is 2.28. The van der Waals surface area contributed by atoms with Gasteiger partial charge in [0.05, 0.1) is 7.11 Å². The zero-order chi connectivity index (χ0) is 17.7. The Kier molecular flexibility index (Phi) is 5.73. The van der Waals surface area contributed by atoms with Crippen LogP contribution < -0.4 is 15.7 Å². The van der Waals surface area contributed by atoms with Crippen LogP contribution in [0.4, 0.5) is 5.82 Å². The van der Waals surface area contributed by atoms with Gasteiger partial charge < -0.3 is 14.5 Å². The zero-order valence-electron chi connectivity index (χ0n) is 14.4. The highest BCUT2D eigenvalue weighted by Crippen LogP contribution is 2.14. The molecule has 0 unspecified atom stereocenters. The molecule has 1 amide bonds. The van der Waals surface area contributed by atoms with Gasteiger partial charge in [-0.1, -0.05) is 19.9 Å². The Balaban J connectivity index is 2.21. The summed E-state index contributed by atoms with van der Waals surface area (Å²) in [5, 5.41) is 2.59. The Morgan fingerprint density at radius 3 is 2.75 bits per heavy atom. The van der Waals surface area contributed by atoms with Crippen LogP contribution in [0.2, 0.25) is 0 Å². The maximum atomic E-state index is 12.4. The molecule has 2 rings (SSSR count). The van der Waals surface area contributed by atoms with Gasteiger partial charge in [-0.25, -0.2) is 4.79 Å². The molecular formula is C18H22N2O4. The SMILES string of the molecule is COc1cccc(NC(=O)c2c(C)cc(CCC(C)C)oc2=O)n1. The van der Waals surface area contributed by atoms with E-state index in [2.05, 4.69) is 24.1 Å². The van der Waals surface area contributed by atoms with E-state index in [0.29, 0.717) is 35.4 Å². The number of hydrogen-bond acceptors (Lipinski definition) is 5. The van der Waals surface area contributed by atoms with E-state index in [4.69, 9.17) is 9.15 Å². The molecule has 0 aliphatic carbocycles. The Morgan fingerprint density at radius 1 is 1.38 bits per heavy atom. The summed E-state index contributed by atoms with van der Waals surface area (Å²) in [5.41, 5.74) is -0.0486. The van der Waals surface area contributed by atoms with E-state index in [9.17, 15) is 9.59 Å². The minimum absolute atomic E-state index is 0.00656. The van der Waals surface area contributed by atoms with Gasteiger partial charge in [0.1, 0.15) is 17.1 Å². The lowest BCUT2D eigenvalue weighted by Gasteiger charge is -2.09. The van der Waals surface area contributed by atoms with Gasteiger partial charge in [0.2, 0.25) is 5.88 Å². The van der Waals surface area contributed by atoms with E-state index in [1.54, 1.807) is 31.2 Å². The first-order valence-corrected chi connectivity index (χ1v) is 7.86. The number of anilines is 1. The second-order valence-corrected chi connectivity index (χ2v) is 6.01. The molecule has 0 saturated heterocycles. The van der Waals surface area contributed by atoms with Crippen molar-refractivity contribution in [2.75, 3.05) is 12.4 Å². The van der Waals surface area contributed by atoms with Crippen LogP contribution >= 0.6 is 0 Å². The van der Waals surface area contributed by atoms with Gasteiger partial charge in [-0.05, 0) is 37.0 Å². The second kappa shape index (κ2) is 7.77. The Labute approximate surface area is 140 Å². The Hall–Kier alpha value is -2.63. The van der Waals surface area contributed by atoms with Crippen molar-refractivity contribution in [2.45, 2.75) is 33.6 Å². The van der Waals surface area contributed by atoms with E-state index < -0.39 is 11.5 Å². The van der Waals surface area contributed by atoms with Crippen molar-refractivity contribution < 1.29 is 13.9 Å². The van der Waals surface area contributed by atoms with Crippen LogP contribution in [0.15, 0.2) is 33.5 Å². The molecule has 128 valence electrons. The third-order valence-electron chi connectivity index (χ3n) is 3.57. The van der Waals surface area contributed by atoms with Crippen molar-refractivity contribution in [3.05, 3.63) is 51.6 Å². The van der Waals surface area contributed by atoms with E-state index >= 15 is 0 Å². The third kappa shape index (κ3) is 4.44. The van der Waals surface area contributed by atoms with Gasteiger partial charge in [-0.15, -0.1) is 0 Å². The molecule has 0 saturated carbocycles. The number of pyridine rings is 1. The van der Waals surface area contributed by atoms with Gasteiger partial charge in [-0.2, -0.15) is 4.98 Å². The molecule has 2 aromatic heterocycles. The minimum atomic E-state index is -0.630. The molecule has 6 nitrogen and oxygen atoms in total. The monoisotopic (exact) mass is 330 g/mol. The lowest BCUT2D eigenvalue weighted by Crippen LogP contribution is -2.23. The molecule has 1 N–H and O–H groups in total. The third-order valence-corrected chi connectivity index (χ3v) is 3.57. The van der Waals surface area contributed by atoms with Crippen molar-refractivity contribution in [1.29, 1.82) is 0 Å². The standard InChI is InChI=1S/C18H22N2O4/c1-11(2)8-9-13-10-12(3)16(18(22)24-13)17(21)20-14-6-5-7-15(19-14)23-4/h5-7,10-11H,8-9H2,1-4H3,(H,19,20,21). The maximum absolute atomic E-state index is 12.4. The predicted molar refractivity (Wildman–Crippen MR) is 91.6 cm³/mol. The highest BCUT2D eigenvalue weighted by Gasteiger charge is 2.17. The van der Waals surface area contributed by atoms with Crippen LogP contribution in [0.25, 0.3) is 0 Å². The Morgan fingerprint density at radius 2 is 2.12 bits per heavy atom. The van der Waals surface area contributed by atoms with E-state index in [1.165, 1.54) is 7.11 Å². The predicted octanol–water partition coefficient (Wildman–Crippen LogP) is 3.19. The average molecular weight is 330 g/mol. The number of rotatable bonds is 6. The molecule has 0 atom stereocenters. The minimum Gasteiger partial charge on any atom is -0.481 e. The maximum Gasteiger partial charge on any atom is 0.349 e. The molecule has 0 bridgehead atoms. The van der Waals surface area contributed by atoms with E-state index in [-0.39, 0.29) is 5.56 Å². The number of ether oxygens (including phenoxy) is 1. The summed E-state index contributed by atoms with van der Waals surface area (Å²) in [7, 11) is 1.49. The van der Waals surface area contributed by atoms with Crippen molar-refractivity contribution in [2.24, 2.45) is 5.92 Å². The van der Waals surface area contributed by atoms with Gasteiger partial charge in [0.15, 0.2) is 0 Å². The molecule has 24 heavy (non-hydrogen) atoms. The molecule has 2 aromatic rings. The van der Waals surface area contributed by atoms with Gasteiger partial charge in [0.25, 0.3) is 5.91 Å². The second-order valence-electron chi connectivity index (χ2n) is 6.01. The number of amides is 1.